The Kier molecular flexibility index (Phi) is 4.14. The highest BCUT2D eigenvalue weighted by atomic mass is 16.3. The van der Waals surface area contributed by atoms with Gasteiger partial charge < -0.3 is 5.11 Å². The van der Waals surface area contributed by atoms with Gasteiger partial charge in [0.1, 0.15) is 0 Å². The molecule has 0 radical (unpaired) electrons. The minimum Gasteiger partial charge on any atom is -0.393 e. The minimum absolute atomic E-state index is 0.255. The molecule has 2 atom stereocenters. The Morgan fingerprint density at radius 3 is 2.50 bits per heavy atom. The van der Waals surface area contributed by atoms with Gasteiger partial charge in [-0.15, -0.1) is 0 Å². The molecule has 0 amide bonds. The Labute approximate surface area is 98.5 Å². The second-order valence-electron chi connectivity index (χ2n) is 5.84. The number of rotatable bonds is 4. The van der Waals surface area contributed by atoms with Crippen molar-refractivity contribution in [2.45, 2.75) is 46.6 Å². The van der Waals surface area contributed by atoms with Crippen LogP contribution >= 0.6 is 0 Å². The lowest BCUT2D eigenvalue weighted by molar-refractivity contribution is 0.109. The highest BCUT2D eigenvalue weighted by molar-refractivity contribution is 5.00. The highest BCUT2D eigenvalue weighted by Gasteiger charge is 2.23. The summed E-state index contributed by atoms with van der Waals surface area (Å²) in [7, 11) is 1.90. The maximum atomic E-state index is 10.00. The van der Waals surface area contributed by atoms with E-state index in [4.69, 9.17) is 0 Å². The van der Waals surface area contributed by atoms with Crippen molar-refractivity contribution in [2.24, 2.45) is 18.4 Å². The fourth-order valence-electron chi connectivity index (χ4n) is 1.66. The molecule has 2 unspecified atom stereocenters. The molecule has 0 saturated heterocycles. The van der Waals surface area contributed by atoms with Crippen LogP contribution < -0.4 is 0 Å². The summed E-state index contributed by atoms with van der Waals surface area (Å²) in [4.78, 5) is 0. The molecule has 1 heterocycles. The first kappa shape index (κ1) is 13.2. The molecule has 0 spiro atoms. The van der Waals surface area contributed by atoms with Gasteiger partial charge in [0.15, 0.2) is 0 Å². The molecule has 1 rings (SSSR count). The maximum absolute atomic E-state index is 10.00. The van der Waals surface area contributed by atoms with E-state index in [9.17, 15) is 5.11 Å². The molecule has 0 bridgehead atoms. The Morgan fingerprint density at radius 2 is 2.06 bits per heavy atom. The van der Waals surface area contributed by atoms with Crippen molar-refractivity contribution in [1.82, 2.24) is 9.78 Å². The molecule has 1 N–H and O–H groups in total. The molecule has 0 aliphatic heterocycles. The zero-order valence-corrected chi connectivity index (χ0v) is 11.1. The largest absolute Gasteiger partial charge is 0.393 e. The third-order valence-electron chi connectivity index (χ3n) is 3.32. The molecule has 16 heavy (non-hydrogen) atoms. The quantitative estimate of drug-likeness (QED) is 0.852. The Bertz CT molecular complexity index is 325. The van der Waals surface area contributed by atoms with Crippen molar-refractivity contribution in [3.8, 4) is 0 Å². The molecule has 0 saturated carbocycles. The third kappa shape index (κ3) is 3.97. The molecule has 0 aliphatic carbocycles. The molecule has 0 aromatic carbocycles. The summed E-state index contributed by atoms with van der Waals surface area (Å²) in [6.45, 7) is 8.84. The summed E-state index contributed by atoms with van der Waals surface area (Å²) in [5, 5.41) is 14.3. The summed E-state index contributed by atoms with van der Waals surface area (Å²) in [6.07, 6.45) is 3.11. The Hall–Kier alpha value is -0.830. The van der Waals surface area contributed by atoms with E-state index in [2.05, 4.69) is 32.8 Å². The molecule has 0 fully saturated rings. The fraction of sp³-hybridized carbons (Fsp3) is 0.769. The lowest BCUT2D eigenvalue weighted by atomic mass is 9.78. The van der Waals surface area contributed by atoms with Crippen LogP contribution in [0.15, 0.2) is 12.3 Å². The van der Waals surface area contributed by atoms with Crippen LogP contribution in [0.1, 0.15) is 39.8 Å². The van der Waals surface area contributed by atoms with E-state index in [1.165, 1.54) is 0 Å². The van der Waals surface area contributed by atoms with Crippen molar-refractivity contribution in [3.63, 3.8) is 0 Å². The molecule has 1 aromatic rings. The van der Waals surface area contributed by atoms with E-state index in [-0.39, 0.29) is 11.5 Å². The van der Waals surface area contributed by atoms with Crippen LogP contribution in [0.5, 0.6) is 0 Å². The Balaban J connectivity index is 2.45. The monoisotopic (exact) mass is 224 g/mol. The van der Waals surface area contributed by atoms with Gasteiger partial charge in [-0.2, -0.15) is 5.10 Å². The number of aliphatic hydroxyl groups excluding tert-OH is 1. The predicted octanol–water partition coefficient (Wildman–Crippen LogP) is 2.40. The van der Waals surface area contributed by atoms with Gasteiger partial charge in [-0.1, -0.05) is 27.7 Å². The zero-order valence-electron chi connectivity index (χ0n) is 11.1. The average Bonchev–Trinajstić information content (AvgIpc) is 2.49. The standard InChI is InChI=1S/C13H24N2O/c1-10(13(2,3)4)8-12(16)9-11-6-7-15(5)14-11/h6-7,10,12,16H,8-9H2,1-5H3. The number of hydrogen-bond acceptors (Lipinski definition) is 2. The molecule has 1 aromatic heterocycles. The smallest absolute Gasteiger partial charge is 0.0650 e. The Morgan fingerprint density at radius 1 is 1.44 bits per heavy atom. The van der Waals surface area contributed by atoms with E-state index >= 15 is 0 Å². The van der Waals surface area contributed by atoms with Crippen LogP contribution in [-0.2, 0) is 13.5 Å². The van der Waals surface area contributed by atoms with Crippen LogP contribution in [0.25, 0.3) is 0 Å². The first-order chi connectivity index (χ1) is 7.29. The van der Waals surface area contributed by atoms with Crippen molar-refractivity contribution in [3.05, 3.63) is 18.0 Å². The molecular weight excluding hydrogens is 200 g/mol. The SMILES string of the molecule is CC(CC(O)Cc1ccn(C)n1)C(C)(C)C. The number of hydrogen-bond donors (Lipinski definition) is 1. The second kappa shape index (κ2) is 5.00. The lowest BCUT2D eigenvalue weighted by Gasteiger charge is -2.28. The number of nitrogens with zero attached hydrogens (tertiary/aromatic N) is 2. The predicted molar refractivity (Wildman–Crippen MR) is 66.2 cm³/mol. The molecule has 3 nitrogen and oxygen atoms in total. The van der Waals surface area contributed by atoms with Crippen molar-refractivity contribution < 1.29 is 5.11 Å². The molecule has 3 heteroatoms. The van der Waals surface area contributed by atoms with E-state index in [1.807, 2.05) is 19.3 Å². The van der Waals surface area contributed by atoms with Crippen LogP contribution in [0, 0.1) is 11.3 Å². The van der Waals surface area contributed by atoms with Crippen molar-refractivity contribution in [1.29, 1.82) is 0 Å². The van der Waals surface area contributed by atoms with Crippen molar-refractivity contribution >= 4 is 0 Å². The summed E-state index contributed by atoms with van der Waals surface area (Å²) in [5.41, 5.74) is 1.22. The summed E-state index contributed by atoms with van der Waals surface area (Å²) in [5.74, 6) is 0.506. The average molecular weight is 224 g/mol. The topological polar surface area (TPSA) is 38.0 Å². The molecule has 92 valence electrons. The van der Waals surface area contributed by atoms with Gasteiger partial charge in [-0.05, 0) is 23.8 Å². The van der Waals surface area contributed by atoms with Crippen molar-refractivity contribution in [2.75, 3.05) is 0 Å². The normalized spacial score (nSPS) is 16.1. The van der Waals surface area contributed by atoms with Crippen LogP contribution in [0.4, 0.5) is 0 Å². The summed E-state index contributed by atoms with van der Waals surface area (Å²) in [6, 6.07) is 1.96. The van der Waals surface area contributed by atoms with Gasteiger partial charge in [0, 0.05) is 19.7 Å². The van der Waals surface area contributed by atoms with E-state index in [0.29, 0.717) is 12.3 Å². The summed E-state index contributed by atoms with van der Waals surface area (Å²) >= 11 is 0. The van der Waals surface area contributed by atoms with Crippen LogP contribution in [0.3, 0.4) is 0 Å². The second-order valence-corrected chi connectivity index (χ2v) is 5.84. The van der Waals surface area contributed by atoms with Gasteiger partial charge in [0.2, 0.25) is 0 Å². The van der Waals surface area contributed by atoms with Gasteiger partial charge in [0.25, 0.3) is 0 Å². The molecular formula is C13H24N2O. The number of aliphatic hydroxyl groups is 1. The van der Waals surface area contributed by atoms with E-state index < -0.39 is 0 Å². The minimum atomic E-state index is -0.288. The van der Waals surface area contributed by atoms with Gasteiger partial charge >= 0.3 is 0 Å². The first-order valence-corrected chi connectivity index (χ1v) is 5.95. The van der Waals surface area contributed by atoms with Gasteiger partial charge in [-0.3, -0.25) is 4.68 Å². The molecule has 0 aliphatic rings. The lowest BCUT2D eigenvalue weighted by Crippen LogP contribution is -2.24. The van der Waals surface area contributed by atoms with Gasteiger partial charge in [0.05, 0.1) is 11.8 Å². The highest BCUT2D eigenvalue weighted by Crippen LogP contribution is 2.29. The third-order valence-corrected chi connectivity index (χ3v) is 3.32. The van der Waals surface area contributed by atoms with E-state index in [0.717, 1.165) is 12.1 Å². The fourth-order valence-corrected chi connectivity index (χ4v) is 1.66. The van der Waals surface area contributed by atoms with Crippen LogP contribution in [-0.4, -0.2) is 21.0 Å². The summed E-state index contributed by atoms with van der Waals surface area (Å²) < 4.78 is 1.77. The number of aromatic nitrogens is 2. The van der Waals surface area contributed by atoms with Crippen LogP contribution in [0.2, 0.25) is 0 Å². The maximum Gasteiger partial charge on any atom is 0.0650 e. The van der Waals surface area contributed by atoms with Gasteiger partial charge in [-0.25, -0.2) is 0 Å². The zero-order chi connectivity index (χ0) is 12.3. The number of aryl methyl sites for hydroxylation is 1. The van der Waals surface area contributed by atoms with E-state index in [1.54, 1.807) is 4.68 Å². The first-order valence-electron chi connectivity index (χ1n) is 5.95.